The molecule has 0 saturated carbocycles. The normalized spacial score (nSPS) is 22.2. The number of amides is 1. The molecule has 0 N–H and O–H groups in total. The first-order chi connectivity index (χ1) is 20.8. The molecule has 10 nitrogen and oxygen atoms in total. The molecule has 2 saturated heterocycles. The number of para-hydroxylation sites is 1. The second-order valence-electron chi connectivity index (χ2n) is 12.2. The number of carbonyl (C=O) groups is 1. The maximum atomic E-state index is 13.8. The summed E-state index contributed by atoms with van der Waals surface area (Å²) in [6, 6.07) is 8.99. The van der Waals surface area contributed by atoms with Crippen LogP contribution in [-0.2, 0) is 24.2 Å². The fraction of sp³-hybridized carbons (Fsp3) is 0.562. The summed E-state index contributed by atoms with van der Waals surface area (Å²) in [6.07, 6.45) is 5.34. The van der Waals surface area contributed by atoms with E-state index in [4.69, 9.17) is 14.7 Å². The Morgan fingerprint density at radius 3 is 2.72 bits per heavy atom. The van der Waals surface area contributed by atoms with Gasteiger partial charge in [-0.25, -0.2) is 4.39 Å². The van der Waals surface area contributed by atoms with E-state index in [-0.39, 0.29) is 13.0 Å². The third-order valence-corrected chi connectivity index (χ3v) is 9.46. The standard InChI is InChI=1S/C32H41FN8O2/c1-22(33)31(42)41-18-17-40(19-24(41)11-13-34)30-26-12-16-39(28-10-4-7-23-8-5-15-38(3)29(23)28)20-27(26)35-32(36-30)43-21-25-9-6-14-37(25)2/h4,7,10,24-25H,1,5-6,8-9,11-12,14-21H2,2-3H3/t24-,25-/m0/s1. The van der Waals surface area contributed by atoms with E-state index in [2.05, 4.69) is 64.5 Å². The molecule has 0 spiro atoms. The molecule has 0 bridgehead atoms. The second kappa shape index (κ2) is 12.4. The minimum Gasteiger partial charge on any atom is -0.462 e. The van der Waals surface area contributed by atoms with Gasteiger partial charge in [-0.1, -0.05) is 18.7 Å². The minimum absolute atomic E-state index is 0.0978. The first-order valence-electron chi connectivity index (χ1n) is 15.4. The number of benzene rings is 1. The van der Waals surface area contributed by atoms with Crippen molar-refractivity contribution in [3.05, 3.63) is 47.4 Å². The van der Waals surface area contributed by atoms with Crippen LogP contribution < -0.4 is 19.4 Å². The van der Waals surface area contributed by atoms with Gasteiger partial charge in [-0.3, -0.25) is 4.79 Å². The number of aryl methyl sites for hydroxylation is 1. The predicted molar refractivity (Wildman–Crippen MR) is 164 cm³/mol. The number of nitriles is 1. The van der Waals surface area contributed by atoms with Crippen molar-refractivity contribution in [2.24, 2.45) is 0 Å². The van der Waals surface area contributed by atoms with Crippen molar-refractivity contribution in [3.8, 4) is 12.1 Å². The zero-order chi connectivity index (χ0) is 30.1. The Kier molecular flexibility index (Phi) is 8.39. The van der Waals surface area contributed by atoms with Crippen LogP contribution in [0.15, 0.2) is 30.6 Å². The number of nitrogens with zero attached hydrogens (tertiary/aromatic N) is 8. The molecule has 5 heterocycles. The molecule has 0 unspecified atom stereocenters. The molecule has 0 radical (unpaired) electrons. The molecule has 6 rings (SSSR count). The molecule has 2 fully saturated rings. The van der Waals surface area contributed by atoms with Gasteiger partial charge in [0.1, 0.15) is 12.4 Å². The summed E-state index contributed by atoms with van der Waals surface area (Å²) in [5.41, 5.74) is 5.94. The fourth-order valence-corrected chi connectivity index (χ4v) is 7.13. The van der Waals surface area contributed by atoms with Gasteiger partial charge >= 0.3 is 6.01 Å². The number of piperazine rings is 1. The molecule has 4 aliphatic heterocycles. The van der Waals surface area contributed by atoms with Crippen molar-refractivity contribution in [2.45, 2.75) is 57.2 Å². The first kappa shape index (κ1) is 29.2. The summed E-state index contributed by atoms with van der Waals surface area (Å²) in [6.45, 7) is 8.40. The van der Waals surface area contributed by atoms with E-state index >= 15 is 0 Å². The number of ether oxygens (including phenoxy) is 1. The quantitative estimate of drug-likeness (QED) is 0.452. The number of anilines is 3. The molecule has 2 aromatic rings. The molecule has 4 aliphatic rings. The van der Waals surface area contributed by atoms with Crippen LogP contribution in [0.4, 0.5) is 21.6 Å². The predicted octanol–water partition coefficient (Wildman–Crippen LogP) is 3.31. The van der Waals surface area contributed by atoms with E-state index in [0.29, 0.717) is 38.3 Å². The van der Waals surface area contributed by atoms with Crippen molar-refractivity contribution in [2.75, 3.05) is 74.7 Å². The molecular weight excluding hydrogens is 547 g/mol. The van der Waals surface area contributed by atoms with Crippen LogP contribution in [0.25, 0.3) is 0 Å². The Morgan fingerprint density at radius 1 is 1.09 bits per heavy atom. The Morgan fingerprint density at radius 2 is 1.95 bits per heavy atom. The number of likely N-dealkylation sites (N-methyl/N-ethyl adjacent to an activating group) is 1. The summed E-state index contributed by atoms with van der Waals surface area (Å²) >= 11 is 0. The fourth-order valence-electron chi connectivity index (χ4n) is 7.13. The zero-order valence-electron chi connectivity index (χ0n) is 25.3. The molecular formula is C32H41FN8O2. The van der Waals surface area contributed by atoms with Crippen LogP contribution in [0, 0.1) is 11.3 Å². The molecule has 228 valence electrons. The van der Waals surface area contributed by atoms with Gasteiger partial charge in [0, 0.05) is 51.4 Å². The molecule has 1 aromatic heterocycles. The highest BCUT2D eigenvalue weighted by atomic mass is 19.1. The van der Waals surface area contributed by atoms with Gasteiger partial charge in [0.15, 0.2) is 5.83 Å². The summed E-state index contributed by atoms with van der Waals surface area (Å²) in [5.74, 6) is -0.959. The summed E-state index contributed by atoms with van der Waals surface area (Å²) in [5, 5.41) is 9.50. The average molecular weight is 589 g/mol. The number of likely N-dealkylation sites (tertiary alicyclic amines) is 1. The topological polar surface area (TPSA) is 92.1 Å². The van der Waals surface area contributed by atoms with Gasteiger partial charge in [-0.15, -0.1) is 0 Å². The van der Waals surface area contributed by atoms with Crippen molar-refractivity contribution >= 4 is 23.1 Å². The van der Waals surface area contributed by atoms with E-state index in [1.54, 1.807) is 0 Å². The highest BCUT2D eigenvalue weighted by molar-refractivity contribution is 5.91. The summed E-state index contributed by atoms with van der Waals surface area (Å²) in [4.78, 5) is 33.1. The van der Waals surface area contributed by atoms with Crippen LogP contribution >= 0.6 is 0 Å². The highest BCUT2D eigenvalue weighted by Gasteiger charge is 2.35. The summed E-state index contributed by atoms with van der Waals surface area (Å²) in [7, 11) is 4.30. The van der Waals surface area contributed by atoms with E-state index < -0.39 is 17.8 Å². The number of rotatable bonds is 7. The first-order valence-corrected chi connectivity index (χ1v) is 15.4. The lowest BCUT2D eigenvalue weighted by atomic mass is 9.98. The number of aromatic nitrogens is 2. The zero-order valence-corrected chi connectivity index (χ0v) is 25.3. The lowest BCUT2D eigenvalue weighted by molar-refractivity contribution is -0.131. The maximum Gasteiger partial charge on any atom is 0.318 e. The lowest BCUT2D eigenvalue weighted by Crippen LogP contribution is -2.55. The number of hydrogen-bond acceptors (Lipinski definition) is 9. The Balaban J connectivity index is 1.32. The van der Waals surface area contributed by atoms with Crippen LogP contribution in [0.2, 0.25) is 0 Å². The third-order valence-electron chi connectivity index (χ3n) is 9.46. The average Bonchev–Trinajstić information content (AvgIpc) is 3.43. The molecule has 0 aliphatic carbocycles. The largest absolute Gasteiger partial charge is 0.462 e. The number of fused-ring (bicyclic) bond motifs is 2. The second-order valence-corrected chi connectivity index (χ2v) is 12.2. The van der Waals surface area contributed by atoms with Gasteiger partial charge < -0.3 is 29.2 Å². The summed E-state index contributed by atoms with van der Waals surface area (Å²) < 4.78 is 20.1. The monoisotopic (exact) mass is 588 g/mol. The van der Waals surface area contributed by atoms with Crippen molar-refractivity contribution in [1.29, 1.82) is 5.26 Å². The van der Waals surface area contributed by atoms with Crippen LogP contribution in [0.5, 0.6) is 6.01 Å². The third kappa shape index (κ3) is 5.85. The molecule has 1 amide bonds. The molecule has 11 heteroatoms. The minimum atomic E-state index is -1.00. The van der Waals surface area contributed by atoms with Crippen molar-refractivity contribution < 1.29 is 13.9 Å². The van der Waals surface area contributed by atoms with E-state index in [1.807, 2.05) is 0 Å². The number of halogens is 1. The Hall–Kier alpha value is -3.91. The maximum absolute atomic E-state index is 13.8. The smallest absolute Gasteiger partial charge is 0.318 e. The van der Waals surface area contributed by atoms with E-state index in [0.717, 1.165) is 68.8 Å². The number of hydrogen-bond donors (Lipinski definition) is 0. The Labute approximate surface area is 253 Å². The van der Waals surface area contributed by atoms with Gasteiger partial charge in [-0.2, -0.15) is 15.2 Å². The molecule has 1 aromatic carbocycles. The van der Waals surface area contributed by atoms with Gasteiger partial charge in [0.05, 0.1) is 42.1 Å². The molecule has 43 heavy (non-hydrogen) atoms. The SMILES string of the molecule is C=C(F)C(=O)N1CCN(c2nc(OC[C@@H]3CCCN3C)nc3c2CCN(c2cccc4c2N(C)CCC4)C3)C[C@@H]1CC#N. The van der Waals surface area contributed by atoms with Crippen LogP contribution in [0.1, 0.15) is 42.5 Å². The van der Waals surface area contributed by atoms with Crippen molar-refractivity contribution in [1.82, 2.24) is 19.8 Å². The Bertz CT molecular complexity index is 1430. The van der Waals surface area contributed by atoms with Gasteiger partial charge in [0.25, 0.3) is 5.91 Å². The van der Waals surface area contributed by atoms with E-state index in [1.165, 1.54) is 21.8 Å². The highest BCUT2D eigenvalue weighted by Crippen LogP contribution is 2.39. The lowest BCUT2D eigenvalue weighted by Gasteiger charge is -2.42. The van der Waals surface area contributed by atoms with Crippen LogP contribution in [-0.4, -0.2) is 97.7 Å². The van der Waals surface area contributed by atoms with Gasteiger partial charge in [-0.05, 0) is 57.3 Å². The van der Waals surface area contributed by atoms with Crippen molar-refractivity contribution in [3.63, 3.8) is 0 Å². The van der Waals surface area contributed by atoms with Crippen LogP contribution in [0.3, 0.4) is 0 Å². The molecule has 2 atom stereocenters. The van der Waals surface area contributed by atoms with E-state index in [9.17, 15) is 14.4 Å². The van der Waals surface area contributed by atoms with Gasteiger partial charge in [0.2, 0.25) is 0 Å². The number of carbonyl (C=O) groups excluding carboxylic acids is 1.